The van der Waals surface area contributed by atoms with Crippen LogP contribution in [0.1, 0.15) is 53.8 Å². The summed E-state index contributed by atoms with van der Waals surface area (Å²) in [5.41, 5.74) is 7.33. The highest BCUT2D eigenvalue weighted by molar-refractivity contribution is 5.97. The highest BCUT2D eigenvalue weighted by atomic mass is 19.1. The molecule has 5 nitrogen and oxygen atoms in total. The summed E-state index contributed by atoms with van der Waals surface area (Å²) in [6.45, 7) is 6.12. The predicted molar refractivity (Wildman–Crippen MR) is 156 cm³/mol. The number of aryl methyl sites for hydroxylation is 1. The zero-order chi connectivity index (χ0) is 26.9. The fraction of sp³-hybridized carbons (Fsp3) is 0.212. The lowest BCUT2D eigenvalue weighted by Crippen LogP contribution is -2.28. The van der Waals surface area contributed by atoms with Gasteiger partial charge in [-0.05, 0) is 65.9 Å². The van der Waals surface area contributed by atoms with Crippen LogP contribution >= 0.6 is 0 Å². The lowest BCUT2D eigenvalue weighted by atomic mass is 9.80. The lowest BCUT2D eigenvalue weighted by molar-refractivity contribution is 0.616. The molecule has 0 saturated heterocycles. The maximum Gasteiger partial charge on any atom is 0.272 e. The first-order valence-corrected chi connectivity index (χ1v) is 13.5. The number of benzene rings is 4. The van der Waals surface area contributed by atoms with Crippen molar-refractivity contribution in [3.8, 4) is 0 Å². The SMILES string of the molecule is CCc1ccccc1N(CC)Cc1ccc(C2Nc3cccc4c(=O)[nH]nc(c34)C2c2ccc(F)cc2)cc1. The van der Waals surface area contributed by atoms with Crippen LogP contribution in [0.2, 0.25) is 0 Å². The zero-order valence-corrected chi connectivity index (χ0v) is 22.1. The number of para-hydroxylation sites is 1. The normalized spacial score (nSPS) is 16.2. The summed E-state index contributed by atoms with van der Waals surface area (Å²) in [5, 5.41) is 12.3. The van der Waals surface area contributed by atoms with Crippen molar-refractivity contribution < 1.29 is 4.39 Å². The van der Waals surface area contributed by atoms with Crippen LogP contribution in [-0.4, -0.2) is 16.7 Å². The summed E-state index contributed by atoms with van der Waals surface area (Å²) >= 11 is 0. The molecule has 39 heavy (non-hydrogen) atoms. The number of H-pyrrole nitrogens is 1. The largest absolute Gasteiger partial charge is 0.377 e. The second-order valence-corrected chi connectivity index (χ2v) is 10.1. The Morgan fingerprint density at radius 2 is 1.62 bits per heavy atom. The second kappa shape index (κ2) is 10.4. The van der Waals surface area contributed by atoms with Gasteiger partial charge in [-0.25, -0.2) is 9.49 Å². The van der Waals surface area contributed by atoms with Crippen LogP contribution in [0, 0.1) is 5.82 Å². The molecule has 0 fully saturated rings. The number of rotatable bonds is 7. The molecule has 0 spiro atoms. The van der Waals surface area contributed by atoms with E-state index in [1.54, 1.807) is 12.1 Å². The van der Waals surface area contributed by atoms with E-state index in [9.17, 15) is 9.18 Å². The molecule has 1 aromatic heterocycles. The van der Waals surface area contributed by atoms with E-state index in [1.165, 1.54) is 28.9 Å². The third-order valence-electron chi connectivity index (χ3n) is 7.82. The summed E-state index contributed by atoms with van der Waals surface area (Å²) in [7, 11) is 0. The number of halogens is 1. The van der Waals surface area contributed by atoms with Gasteiger partial charge in [0.2, 0.25) is 0 Å². The molecule has 0 radical (unpaired) electrons. The topological polar surface area (TPSA) is 61.0 Å². The Balaban J connectivity index is 1.37. The highest BCUT2D eigenvalue weighted by Gasteiger charge is 2.34. The van der Waals surface area contributed by atoms with Gasteiger partial charge in [-0.3, -0.25) is 4.79 Å². The predicted octanol–water partition coefficient (Wildman–Crippen LogP) is 6.95. The Bertz CT molecular complexity index is 1680. The van der Waals surface area contributed by atoms with Crippen molar-refractivity contribution in [2.24, 2.45) is 0 Å². The number of nitrogens with zero attached hydrogens (tertiary/aromatic N) is 2. The number of hydrogen-bond acceptors (Lipinski definition) is 4. The third-order valence-corrected chi connectivity index (χ3v) is 7.82. The van der Waals surface area contributed by atoms with Gasteiger partial charge in [0.15, 0.2) is 0 Å². The molecule has 2 heterocycles. The molecule has 1 aliphatic heterocycles. The van der Waals surface area contributed by atoms with Gasteiger partial charge in [0.1, 0.15) is 5.82 Å². The summed E-state index contributed by atoms with van der Waals surface area (Å²) in [6, 6.07) is 29.4. The summed E-state index contributed by atoms with van der Waals surface area (Å²) < 4.78 is 13.9. The van der Waals surface area contributed by atoms with E-state index in [0.29, 0.717) is 5.39 Å². The van der Waals surface area contributed by atoms with Gasteiger partial charge in [-0.2, -0.15) is 5.10 Å². The van der Waals surface area contributed by atoms with Crippen LogP contribution < -0.4 is 15.8 Å². The number of aromatic amines is 1. The van der Waals surface area contributed by atoms with E-state index in [2.05, 4.69) is 82.8 Å². The quantitative estimate of drug-likeness (QED) is 0.245. The lowest BCUT2D eigenvalue weighted by Gasteiger charge is -2.35. The van der Waals surface area contributed by atoms with Crippen molar-refractivity contribution in [3.63, 3.8) is 0 Å². The Labute approximate surface area is 227 Å². The van der Waals surface area contributed by atoms with Gasteiger partial charge in [0.05, 0.1) is 23.0 Å². The molecule has 1 aliphatic rings. The molecule has 6 heteroatoms. The van der Waals surface area contributed by atoms with Gasteiger partial charge in [-0.1, -0.05) is 67.6 Å². The average Bonchev–Trinajstić information content (AvgIpc) is 2.98. The molecule has 0 amide bonds. The van der Waals surface area contributed by atoms with Crippen LogP contribution in [0.4, 0.5) is 15.8 Å². The van der Waals surface area contributed by atoms with Gasteiger partial charge in [0.25, 0.3) is 5.56 Å². The van der Waals surface area contributed by atoms with Crippen LogP contribution in [0.25, 0.3) is 10.8 Å². The van der Waals surface area contributed by atoms with Gasteiger partial charge in [0, 0.05) is 29.9 Å². The Morgan fingerprint density at radius 3 is 2.36 bits per heavy atom. The molecule has 0 bridgehead atoms. The molecule has 196 valence electrons. The standard InChI is InChI=1S/C33H31FN4O/c1-3-22-8-5-6-11-28(22)38(4-2)20-21-12-14-24(15-13-21)31-29(23-16-18-25(34)19-17-23)32-30-26(33(39)37-36-32)9-7-10-27(30)35-31/h5-19,29,31,35H,3-4,20H2,1-2H3,(H,37,39). The molecular weight excluding hydrogens is 487 g/mol. The highest BCUT2D eigenvalue weighted by Crippen LogP contribution is 2.46. The molecular formula is C33H31FN4O. The smallest absolute Gasteiger partial charge is 0.272 e. The van der Waals surface area contributed by atoms with Gasteiger partial charge < -0.3 is 10.2 Å². The monoisotopic (exact) mass is 518 g/mol. The minimum Gasteiger partial charge on any atom is -0.377 e. The summed E-state index contributed by atoms with van der Waals surface area (Å²) in [4.78, 5) is 15.0. The maximum atomic E-state index is 13.9. The molecule has 0 aliphatic carbocycles. The molecule has 2 N–H and O–H groups in total. The number of anilines is 2. The fourth-order valence-electron chi connectivity index (χ4n) is 5.83. The van der Waals surface area contributed by atoms with E-state index < -0.39 is 0 Å². The summed E-state index contributed by atoms with van der Waals surface area (Å²) in [5.74, 6) is -0.497. The van der Waals surface area contributed by atoms with Crippen molar-refractivity contribution >= 4 is 22.1 Å². The third kappa shape index (κ3) is 4.56. The minimum absolute atomic E-state index is 0.149. The maximum absolute atomic E-state index is 13.9. The molecule has 6 rings (SSSR count). The van der Waals surface area contributed by atoms with Crippen molar-refractivity contribution in [3.05, 3.63) is 135 Å². The van der Waals surface area contributed by atoms with E-state index in [0.717, 1.165) is 47.4 Å². The van der Waals surface area contributed by atoms with Crippen molar-refractivity contribution in [1.29, 1.82) is 0 Å². The molecule has 0 saturated carbocycles. The molecule has 5 aromatic rings. The molecule has 4 aromatic carbocycles. The average molecular weight is 519 g/mol. The number of nitrogens with one attached hydrogen (secondary N) is 2. The van der Waals surface area contributed by atoms with Crippen LogP contribution in [0.5, 0.6) is 0 Å². The minimum atomic E-state index is -0.284. The van der Waals surface area contributed by atoms with Crippen LogP contribution in [0.15, 0.2) is 95.8 Å². The van der Waals surface area contributed by atoms with Crippen LogP contribution in [-0.2, 0) is 13.0 Å². The van der Waals surface area contributed by atoms with E-state index in [4.69, 9.17) is 0 Å². The fourth-order valence-corrected chi connectivity index (χ4v) is 5.83. The first-order chi connectivity index (χ1) is 19.1. The van der Waals surface area contributed by atoms with Crippen LogP contribution in [0.3, 0.4) is 0 Å². The Kier molecular flexibility index (Phi) is 6.61. The summed E-state index contributed by atoms with van der Waals surface area (Å²) in [6.07, 6.45) is 0.997. The Morgan fingerprint density at radius 1 is 0.872 bits per heavy atom. The van der Waals surface area contributed by atoms with Gasteiger partial charge >= 0.3 is 0 Å². The van der Waals surface area contributed by atoms with Crippen molar-refractivity contribution in [2.45, 2.75) is 38.8 Å². The molecule has 2 unspecified atom stereocenters. The van der Waals surface area contributed by atoms with E-state index in [-0.39, 0.29) is 23.3 Å². The second-order valence-electron chi connectivity index (χ2n) is 10.1. The zero-order valence-electron chi connectivity index (χ0n) is 22.1. The van der Waals surface area contributed by atoms with Crippen molar-refractivity contribution in [1.82, 2.24) is 10.2 Å². The first kappa shape index (κ1) is 24.9. The molecule has 2 atom stereocenters. The van der Waals surface area contributed by atoms with E-state index in [1.807, 2.05) is 18.2 Å². The van der Waals surface area contributed by atoms with Gasteiger partial charge in [-0.15, -0.1) is 0 Å². The van der Waals surface area contributed by atoms with E-state index >= 15 is 0 Å². The number of aromatic nitrogens is 2. The first-order valence-electron chi connectivity index (χ1n) is 13.5. The Hall–Kier alpha value is -4.45. The van der Waals surface area contributed by atoms with Crippen molar-refractivity contribution in [2.75, 3.05) is 16.8 Å². The number of hydrogen-bond donors (Lipinski definition) is 2.